The predicted octanol–water partition coefficient (Wildman–Crippen LogP) is 5.48. The van der Waals surface area contributed by atoms with Gasteiger partial charge in [0, 0.05) is 0 Å². The maximum Gasteiger partial charge on any atom is 3.00 e. The van der Waals surface area contributed by atoms with Crippen LogP contribution < -0.4 is 0 Å². The van der Waals surface area contributed by atoms with Gasteiger partial charge in [-0.3, -0.25) is 0 Å². The first-order valence-electron chi connectivity index (χ1n) is 7.70. The van der Waals surface area contributed by atoms with Crippen LogP contribution in [0.25, 0.3) is 6.08 Å². The third-order valence-corrected chi connectivity index (χ3v) is 3.99. The topological polar surface area (TPSA) is 0 Å². The summed E-state index contributed by atoms with van der Waals surface area (Å²) in [5.74, 6) is 1.00. The van der Waals surface area contributed by atoms with Crippen molar-refractivity contribution in [3.63, 3.8) is 0 Å². The molecule has 117 valence electrons. The molecular formula is C21H24VY-. The fourth-order valence-corrected chi connectivity index (χ4v) is 2.66. The Bertz CT molecular complexity index is 567. The summed E-state index contributed by atoms with van der Waals surface area (Å²) < 4.78 is 3.04. The molecule has 0 fully saturated rings. The molecule has 0 heterocycles. The molecule has 1 unspecified atom stereocenters. The average Bonchev–Trinajstić information content (AvgIpc) is 2.51. The molecule has 0 aliphatic rings. The van der Waals surface area contributed by atoms with E-state index in [1.54, 1.807) is 0 Å². The van der Waals surface area contributed by atoms with E-state index in [9.17, 15) is 0 Å². The monoisotopic (exact) mass is 416 g/mol. The van der Waals surface area contributed by atoms with Crippen LogP contribution >= 0.6 is 0 Å². The molecule has 0 radical (unpaired) electrons. The van der Waals surface area contributed by atoms with E-state index in [1.807, 2.05) is 12.2 Å². The molecule has 0 amide bonds. The first-order chi connectivity index (χ1) is 10.5. The maximum atomic E-state index is 5.43. The van der Waals surface area contributed by atoms with Gasteiger partial charge in [0.15, 0.2) is 0 Å². The summed E-state index contributed by atoms with van der Waals surface area (Å²) in [5, 5.41) is 0. The quantitative estimate of drug-likeness (QED) is 0.389. The van der Waals surface area contributed by atoms with Crippen molar-refractivity contribution in [1.82, 2.24) is 0 Å². The van der Waals surface area contributed by atoms with Gasteiger partial charge in [0.05, 0.1) is 0 Å². The van der Waals surface area contributed by atoms with Crippen LogP contribution in [0.5, 0.6) is 0 Å². The van der Waals surface area contributed by atoms with Crippen molar-refractivity contribution < 1.29 is 49.7 Å². The van der Waals surface area contributed by atoms with Crippen LogP contribution in [-0.2, 0) is 49.7 Å². The SMILES string of the molecule is [CH-]=C/C=C([C-]=[V])/C=C\c1[c-]c(C(C)C[CH-]C)c(C(C)C)cc1.[Y+3]. The Morgan fingerprint density at radius 1 is 1.39 bits per heavy atom. The van der Waals surface area contributed by atoms with E-state index in [0.717, 1.165) is 17.6 Å². The molecule has 0 saturated heterocycles. The summed E-state index contributed by atoms with van der Waals surface area (Å²) in [7, 11) is 0. The Hall–Kier alpha value is -0.00169. The first-order valence-corrected chi connectivity index (χ1v) is 8.40. The summed E-state index contributed by atoms with van der Waals surface area (Å²) in [6.07, 6.45) is 10.7. The number of allylic oxidation sites excluding steroid dienone is 4. The molecule has 0 aromatic heterocycles. The van der Waals surface area contributed by atoms with E-state index >= 15 is 0 Å². The molecule has 0 aliphatic heterocycles. The smallest absolute Gasteiger partial charge is 3.00 e. The standard InChI is InChI=1S/C21H24.V.Y/c1-7-9-17(5)11-12-19-13-14-20(16(3)4)21(15-19)18(6)10-8-2;;/h1,7-9,11-14,16,18H,10H2,2-4,6H3;;/q-4;;+3/b12-11-,17-9+;;. The molecule has 0 N–H and O–H groups in total. The molecule has 0 spiro atoms. The third-order valence-electron chi connectivity index (χ3n) is 3.58. The van der Waals surface area contributed by atoms with Crippen molar-refractivity contribution in [3.05, 3.63) is 71.7 Å². The fraction of sp³-hybridized carbons (Fsp3) is 0.333. The zero-order chi connectivity index (χ0) is 16.5. The number of rotatable bonds is 8. The molecule has 0 bridgehead atoms. The van der Waals surface area contributed by atoms with Crippen LogP contribution in [-0.4, -0.2) is 4.73 Å². The van der Waals surface area contributed by atoms with Crippen LogP contribution in [0.2, 0.25) is 0 Å². The predicted molar refractivity (Wildman–Crippen MR) is 93.4 cm³/mol. The van der Waals surface area contributed by atoms with E-state index in [-0.39, 0.29) is 32.7 Å². The summed E-state index contributed by atoms with van der Waals surface area (Å²) in [4.78, 5) is 0. The Kier molecular flexibility index (Phi) is 12.4. The van der Waals surface area contributed by atoms with Crippen molar-refractivity contribution in [1.29, 1.82) is 0 Å². The van der Waals surface area contributed by atoms with Crippen molar-refractivity contribution >= 4 is 10.8 Å². The minimum atomic E-state index is 0. The minimum Gasteiger partial charge on any atom is 3.00 e. The second kappa shape index (κ2) is 12.4. The van der Waals surface area contributed by atoms with Crippen LogP contribution in [0.15, 0.2) is 35.9 Å². The molecule has 0 saturated carbocycles. The van der Waals surface area contributed by atoms with Gasteiger partial charge in [-0.15, -0.1) is 0 Å². The minimum absolute atomic E-state index is 0. The van der Waals surface area contributed by atoms with E-state index in [0.29, 0.717) is 11.8 Å². The number of hydrogen-bond acceptors (Lipinski definition) is 0. The zero-order valence-electron chi connectivity index (χ0n) is 14.5. The molecule has 1 aromatic carbocycles. The summed E-state index contributed by atoms with van der Waals surface area (Å²) in [6, 6.07) is 7.96. The third kappa shape index (κ3) is 7.61. The second-order valence-corrected chi connectivity index (χ2v) is 6.09. The van der Waals surface area contributed by atoms with Gasteiger partial charge in [-0.05, 0) is 0 Å². The van der Waals surface area contributed by atoms with E-state index in [4.69, 9.17) is 6.58 Å². The molecule has 1 aromatic rings. The van der Waals surface area contributed by atoms with Gasteiger partial charge in [0.1, 0.15) is 0 Å². The van der Waals surface area contributed by atoms with Crippen molar-refractivity contribution in [3.8, 4) is 0 Å². The van der Waals surface area contributed by atoms with E-state index in [2.05, 4.69) is 80.1 Å². The molecule has 1 atom stereocenters. The number of hydrogen-bond donors (Lipinski definition) is 0. The normalized spacial score (nSPS) is 13.0. The zero-order valence-corrected chi connectivity index (χ0v) is 18.7. The second-order valence-electron chi connectivity index (χ2n) is 5.74. The largest absolute Gasteiger partial charge is 3.00 e. The van der Waals surface area contributed by atoms with Gasteiger partial charge in [0.25, 0.3) is 0 Å². The van der Waals surface area contributed by atoms with Crippen LogP contribution in [0.1, 0.15) is 62.6 Å². The van der Waals surface area contributed by atoms with Gasteiger partial charge < -0.3 is 0 Å². The molecule has 2 heteroatoms. The van der Waals surface area contributed by atoms with Gasteiger partial charge in [-0.25, -0.2) is 0 Å². The Morgan fingerprint density at radius 3 is 2.61 bits per heavy atom. The summed E-state index contributed by atoms with van der Waals surface area (Å²) in [5.41, 5.74) is 4.75. The van der Waals surface area contributed by atoms with Gasteiger partial charge >= 0.3 is 178 Å². The fourth-order valence-electron chi connectivity index (χ4n) is 2.43. The van der Waals surface area contributed by atoms with Gasteiger partial charge in [-0.1, -0.05) is 0 Å². The Balaban J connectivity index is 0.00000484. The van der Waals surface area contributed by atoms with Crippen LogP contribution in [0.4, 0.5) is 0 Å². The van der Waals surface area contributed by atoms with Crippen molar-refractivity contribution in [2.24, 2.45) is 0 Å². The molecule has 0 nitrogen and oxygen atoms in total. The molecule has 23 heavy (non-hydrogen) atoms. The van der Waals surface area contributed by atoms with Gasteiger partial charge in [0.2, 0.25) is 0 Å². The number of benzene rings is 1. The summed E-state index contributed by atoms with van der Waals surface area (Å²) in [6.45, 7) is 14.3. The summed E-state index contributed by atoms with van der Waals surface area (Å²) >= 11 is 2.33. The van der Waals surface area contributed by atoms with Crippen molar-refractivity contribution in [2.75, 3.05) is 0 Å². The first kappa shape index (κ1) is 23.0. The van der Waals surface area contributed by atoms with E-state index < -0.39 is 0 Å². The molecule has 0 aliphatic carbocycles. The Morgan fingerprint density at radius 2 is 2.09 bits per heavy atom. The van der Waals surface area contributed by atoms with Crippen LogP contribution in [0, 0.1) is 19.1 Å². The van der Waals surface area contributed by atoms with E-state index in [1.165, 1.54) is 17.2 Å². The molecule has 1 rings (SSSR count). The van der Waals surface area contributed by atoms with Crippen LogP contribution in [0.3, 0.4) is 0 Å². The van der Waals surface area contributed by atoms with Crippen molar-refractivity contribution in [2.45, 2.75) is 46.0 Å². The average molecular weight is 416 g/mol. The maximum absolute atomic E-state index is 5.43. The molecular weight excluding hydrogens is 392 g/mol. The Labute approximate surface area is 176 Å². The van der Waals surface area contributed by atoms with Gasteiger partial charge in [-0.2, -0.15) is 0 Å².